The van der Waals surface area contributed by atoms with Crippen LogP contribution in [0.5, 0.6) is 11.5 Å². The molecule has 0 radical (unpaired) electrons. The molecule has 3 aromatic rings. The Hall–Kier alpha value is -3.07. The fraction of sp³-hybridized carbons (Fsp3) is 0.259. The average Bonchev–Trinajstić information content (AvgIpc) is 2.73. The maximum Gasteiger partial charge on any atom is 0.131 e. The number of methoxy groups -OCH3 is 1. The smallest absolute Gasteiger partial charge is 0.131 e. The third-order valence-corrected chi connectivity index (χ3v) is 4.76. The molecule has 30 heavy (non-hydrogen) atoms. The minimum Gasteiger partial charge on any atom is -0.497 e. The van der Waals surface area contributed by atoms with E-state index in [1.807, 2.05) is 48.5 Å². The Morgan fingerprint density at radius 1 is 0.933 bits per heavy atom. The van der Waals surface area contributed by atoms with Gasteiger partial charge in [0.2, 0.25) is 0 Å². The van der Waals surface area contributed by atoms with Gasteiger partial charge in [-0.3, -0.25) is 0 Å². The zero-order valence-corrected chi connectivity index (χ0v) is 18.1. The number of halogens is 1. The summed E-state index contributed by atoms with van der Waals surface area (Å²) in [6.45, 7) is 7.08. The highest BCUT2D eigenvalue weighted by Gasteiger charge is 2.11. The lowest BCUT2D eigenvalue weighted by Gasteiger charge is -2.15. The van der Waals surface area contributed by atoms with Crippen molar-refractivity contribution in [1.82, 2.24) is 0 Å². The van der Waals surface area contributed by atoms with Crippen LogP contribution >= 0.6 is 0 Å². The molecular weight excluding hydrogens is 375 g/mol. The summed E-state index contributed by atoms with van der Waals surface area (Å²) in [6.07, 6.45) is 5.15. The number of rotatable bonds is 7. The molecule has 0 saturated heterocycles. The molecule has 0 aliphatic heterocycles. The fourth-order valence-corrected chi connectivity index (χ4v) is 3.11. The molecule has 3 rings (SSSR count). The number of hydrogen-bond donors (Lipinski definition) is 0. The van der Waals surface area contributed by atoms with Crippen molar-refractivity contribution in [3.05, 3.63) is 89.8 Å². The molecular formula is C27H29FO2. The number of ether oxygens (including phenoxy) is 2. The topological polar surface area (TPSA) is 18.5 Å². The largest absolute Gasteiger partial charge is 0.497 e. The molecule has 0 bridgehead atoms. The van der Waals surface area contributed by atoms with Crippen molar-refractivity contribution in [3.8, 4) is 22.6 Å². The number of allylic oxidation sites excluding steroid dienone is 1. The van der Waals surface area contributed by atoms with Crippen LogP contribution in [0.15, 0.2) is 72.8 Å². The van der Waals surface area contributed by atoms with E-state index in [-0.39, 0.29) is 11.2 Å². The van der Waals surface area contributed by atoms with Crippen LogP contribution in [0.2, 0.25) is 0 Å². The molecule has 0 aliphatic rings. The van der Waals surface area contributed by atoms with Gasteiger partial charge in [-0.2, -0.15) is 0 Å². The molecule has 0 heterocycles. The van der Waals surface area contributed by atoms with Crippen LogP contribution in [0.3, 0.4) is 0 Å². The first-order chi connectivity index (χ1) is 14.4. The van der Waals surface area contributed by atoms with Crippen LogP contribution in [0.4, 0.5) is 4.39 Å². The van der Waals surface area contributed by atoms with Crippen molar-refractivity contribution in [2.75, 3.05) is 7.11 Å². The second-order valence-corrected chi connectivity index (χ2v) is 8.54. The van der Waals surface area contributed by atoms with E-state index in [1.54, 1.807) is 19.2 Å². The standard InChI is InChI=1S/C27H29FO2/c1-27(2,3)16-8-11-22-17-21(24-18-23(29-4)13-14-25(24)28)12-15-26(22)30-19-20-9-6-5-7-10-20/h5-15,17-18H,16,19H2,1-4H3. The van der Waals surface area contributed by atoms with Gasteiger partial charge in [0.05, 0.1) is 7.11 Å². The van der Waals surface area contributed by atoms with Crippen LogP contribution in [0, 0.1) is 11.2 Å². The van der Waals surface area contributed by atoms with Gasteiger partial charge < -0.3 is 9.47 Å². The van der Waals surface area contributed by atoms with E-state index < -0.39 is 0 Å². The molecule has 3 heteroatoms. The molecule has 2 nitrogen and oxygen atoms in total. The fourth-order valence-electron chi connectivity index (χ4n) is 3.11. The first kappa shape index (κ1) is 21.6. The second kappa shape index (κ2) is 9.62. The summed E-state index contributed by atoms with van der Waals surface area (Å²) < 4.78 is 25.9. The molecule has 0 N–H and O–H groups in total. The van der Waals surface area contributed by atoms with Crippen molar-refractivity contribution in [1.29, 1.82) is 0 Å². The second-order valence-electron chi connectivity index (χ2n) is 8.54. The van der Waals surface area contributed by atoms with E-state index in [4.69, 9.17) is 9.47 Å². The Morgan fingerprint density at radius 3 is 2.40 bits per heavy atom. The van der Waals surface area contributed by atoms with E-state index in [1.165, 1.54) is 6.07 Å². The molecule has 0 fully saturated rings. The van der Waals surface area contributed by atoms with Crippen molar-refractivity contribution < 1.29 is 13.9 Å². The predicted octanol–water partition coefficient (Wildman–Crippen LogP) is 7.53. The monoisotopic (exact) mass is 404 g/mol. The lowest BCUT2D eigenvalue weighted by Crippen LogP contribution is -2.02. The van der Waals surface area contributed by atoms with Gasteiger partial charge in [0, 0.05) is 11.1 Å². The van der Waals surface area contributed by atoms with Crippen LogP contribution in [-0.2, 0) is 6.61 Å². The molecule has 0 spiro atoms. The van der Waals surface area contributed by atoms with Crippen LogP contribution in [-0.4, -0.2) is 7.11 Å². The van der Waals surface area contributed by atoms with Gasteiger partial charge in [-0.05, 0) is 53.3 Å². The van der Waals surface area contributed by atoms with Crippen LogP contribution in [0.25, 0.3) is 17.2 Å². The quantitative estimate of drug-likeness (QED) is 0.405. The lowest BCUT2D eigenvalue weighted by atomic mass is 9.91. The highest BCUT2D eigenvalue weighted by atomic mass is 19.1. The normalized spacial score (nSPS) is 11.6. The lowest BCUT2D eigenvalue weighted by molar-refractivity contribution is 0.305. The zero-order chi connectivity index (χ0) is 21.6. The minimum absolute atomic E-state index is 0.193. The summed E-state index contributed by atoms with van der Waals surface area (Å²) in [5.41, 5.74) is 3.51. The maximum absolute atomic E-state index is 14.5. The van der Waals surface area contributed by atoms with Gasteiger partial charge in [-0.15, -0.1) is 0 Å². The SMILES string of the molecule is COc1ccc(F)c(-c2ccc(OCc3ccccc3)c(C=CCC(C)(C)C)c2)c1. The molecule has 0 unspecified atom stereocenters. The van der Waals surface area contributed by atoms with E-state index in [0.717, 1.165) is 28.9 Å². The average molecular weight is 405 g/mol. The molecule has 0 saturated carbocycles. The Labute approximate surface area is 179 Å². The summed E-state index contributed by atoms with van der Waals surface area (Å²) in [4.78, 5) is 0. The predicted molar refractivity (Wildman–Crippen MR) is 122 cm³/mol. The van der Waals surface area contributed by atoms with E-state index >= 15 is 0 Å². The summed E-state index contributed by atoms with van der Waals surface area (Å²) >= 11 is 0. The van der Waals surface area contributed by atoms with E-state index in [0.29, 0.717) is 17.9 Å². The Bertz CT molecular complexity index is 1000. The Balaban J connectivity index is 1.94. The summed E-state index contributed by atoms with van der Waals surface area (Å²) in [7, 11) is 1.58. The Morgan fingerprint density at radius 2 is 1.70 bits per heavy atom. The number of hydrogen-bond acceptors (Lipinski definition) is 2. The maximum atomic E-state index is 14.5. The minimum atomic E-state index is -0.279. The first-order valence-corrected chi connectivity index (χ1v) is 10.2. The van der Waals surface area contributed by atoms with Crippen LogP contribution in [0.1, 0.15) is 38.3 Å². The highest BCUT2D eigenvalue weighted by Crippen LogP contribution is 2.32. The first-order valence-electron chi connectivity index (χ1n) is 10.2. The Kier molecular flexibility index (Phi) is 6.94. The summed E-state index contributed by atoms with van der Waals surface area (Å²) in [5, 5.41) is 0. The summed E-state index contributed by atoms with van der Waals surface area (Å²) in [6, 6.07) is 20.6. The molecule has 156 valence electrons. The van der Waals surface area contributed by atoms with Crippen molar-refractivity contribution in [2.24, 2.45) is 5.41 Å². The van der Waals surface area contributed by atoms with E-state index in [2.05, 4.69) is 32.9 Å². The van der Waals surface area contributed by atoms with Crippen molar-refractivity contribution in [3.63, 3.8) is 0 Å². The van der Waals surface area contributed by atoms with Gasteiger partial charge in [0.25, 0.3) is 0 Å². The molecule has 0 amide bonds. The third kappa shape index (κ3) is 5.96. The van der Waals surface area contributed by atoms with Crippen molar-refractivity contribution in [2.45, 2.75) is 33.8 Å². The third-order valence-electron chi connectivity index (χ3n) is 4.76. The van der Waals surface area contributed by atoms with Gasteiger partial charge in [0.1, 0.15) is 23.9 Å². The van der Waals surface area contributed by atoms with Gasteiger partial charge in [-0.25, -0.2) is 4.39 Å². The van der Waals surface area contributed by atoms with E-state index in [9.17, 15) is 4.39 Å². The molecule has 0 atom stereocenters. The van der Waals surface area contributed by atoms with Crippen molar-refractivity contribution >= 4 is 6.08 Å². The number of benzene rings is 3. The van der Waals surface area contributed by atoms with Crippen LogP contribution < -0.4 is 9.47 Å². The molecule has 0 aromatic heterocycles. The highest BCUT2D eigenvalue weighted by molar-refractivity contribution is 5.72. The van der Waals surface area contributed by atoms with Gasteiger partial charge in [0.15, 0.2) is 0 Å². The molecule has 3 aromatic carbocycles. The van der Waals surface area contributed by atoms with Gasteiger partial charge in [-0.1, -0.05) is 69.3 Å². The van der Waals surface area contributed by atoms with Gasteiger partial charge >= 0.3 is 0 Å². The summed E-state index contributed by atoms with van der Waals surface area (Å²) in [5.74, 6) is 1.12. The molecule has 0 aliphatic carbocycles. The zero-order valence-electron chi connectivity index (χ0n) is 18.1.